The van der Waals surface area contributed by atoms with Gasteiger partial charge in [-0.25, -0.2) is 13.6 Å². The maximum Gasteiger partial charge on any atom is 0.408 e. The number of alkyl halides is 2. The van der Waals surface area contributed by atoms with Crippen LogP contribution in [0.2, 0.25) is 0 Å². The van der Waals surface area contributed by atoms with E-state index in [-0.39, 0.29) is 36.5 Å². The minimum atomic E-state index is -2.65. The summed E-state index contributed by atoms with van der Waals surface area (Å²) in [6, 6.07) is -0.863. The summed E-state index contributed by atoms with van der Waals surface area (Å²) in [5.74, 6) is -3.27. The van der Waals surface area contributed by atoms with Crippen LogP contribution >= 0.6 is 0 Å². The number of carbonyl (C=O) groups excluding carboxylic acids is 2. The average molecular weight is 303 g/mol. The molecule has 1 aliphatic rings. The lowest BCUT2D eigenvalue weighted by atomic mass is 9.76. The summed E-state index contributed by atoms with van der Waals surface area (Å²) in [4.78, 5) is 23.8. The molecule has 21 heavy (non-hydrogen) atoms. The van der Waals surface area contributed by atoms with E-state index in [0.717, 1.165) is 0 Å². The summed E-state index contributed by atoms with van der Waals surface area (Å²) >= 11 is 0. The van der Waals surface area contributed by atoms with Crippen LogP contribution in [0.5, 0.6) is 0 Å². The van der Waals surface area contributed by atoms with E-state index < -0.39 is 23.7 Å². The number of alkyl carbamates (subject to hydrolysis) is 1. The van der Waals surface area contributed by atoms with Crippen LogP contribution in [0.15, 0.2) is 12.2 Å². The topological polar surface area (TPSA) is 55.4 Å². The molecule has 1 fully saturated rings. The van der Waals surface area contributed by atoms with E-state index in [2.05, 4.69) is 11.9 Å². The average Bonchev–Trinajstić information content (AvgIpc) is 2.21. The lowest BCUT2D eigenvalue weighted by molar-refractivity contribution is -0.125. The van der Waals surface area contributed by atoms with Gasteiger partial charge >= 0.3 is 6.09 Å². The van der Waals surface area contributed by atoms with Crippen LogP contribution in [0.3, 0.4) is 0 Å². The number of hydrogen-bond acceptors (Lipinski definition) is 3. The van der Waals surface area contributed by atoms with Gasteiger partial charge in [0.05, 0.1) is 6.04 Å². The first kappa shape index (κ1) is 17.6. The molecule has 1 rings (SSSR count). The second-order valence-corrected chi connectivity index (χ2v) is 6.71. The quantitative estimate of drug-likeness (QED) is 0.791. The predicted molar refractivity (Wildman–Crippen MR) is 75.3 cm³/mol. The van der Waals surface area contributed by atoms with Gasteiger partial charge in [-0.2, -0.15) is 0 Å². The van der Waals surface area contributed by atoms with Crippen LogP contribution in [0.4, 0.5) is 13.6 Å². The fourth-order valence-electron chi connectivity index (χ4n) is 2.26. The van der Waals surface area contributed by atoms with Gasteiger partial charge < -0.3 is 10.1 Å². The maximum absolute atomic E-state index is 12.9. The van der Waals surface area contributed by atoms with Crippen molar-refractivity contribution in [3.8, 4) is 0 Å². The molecular weight excluding hydrogens is 280 g/mol. The van der Waals surface area contributed by atoms with Crippen molar-refractivity contribution in [2.75, 3.05) is 0 Å². The predicted octanol–water partition coefficient (Wildman–Crippen LogP) is 3.46. The fourth-order valence-corrected chi connectivity index (χ4v) is 2.26. The lowest BCUT2D eigenvalue weighted by Gasteiger charge is -2.36. The van der Waals surface area contributed by atoms with E-state index in [9.17, 15) is 18.4 Å². The first-order valence-corrected chi connectivity index (χ1v) is 6.97. The Bertz CT molecular complexity index is 433. The minimum absolute atomic E-state index is 0.181. The number of carbonyl (C=O) groups is 2. The highest BCUT2D eigenvalue weighted by atomic mass is 19.3. The van der Waals surface area contributed by atoms with Crippen LogP contribution in [-0.2, 0) is 9.53 Å². The molecule has 1 aliphatic carbocycles. The van der Waals surface area contributed by atoms with Crippen molar-refractivity contribution in [1.29, 1.82) is 0 Å². The number of rotatable bonds is 5. The van der Waals surface area contributed by atoms with Crippen LogP contribution < -0.4 is 5.32 Å². The van der Waals surface area contributed by atoms with Crippen molar-refractivity contribution in [2.24, 2.45) is 5.92 Å². The Labute approximate surface area is 123 Å². The summed E-state index contributed by atoms with van der Waals surface area (Å²) < 4.78 is 30.8. The molecule has 0 saturated heterocycles. The van der Waals surface area contributed by atoms with E-state index in [4.69, 9.17) is 4.74 Å². The first-order chi connectivity index (χ1) is 9.39. The Morgan fingerprint density at radius 1 is 1.38 bits per heavy atom. The van der Waals surface area contributed by atoms with Crippen molar-refractivity contribution >= 4 is 11.9 Å². The molecule has 0 heterocycles. The van der Waals surface area contributed by atoms with Gasteiger partial charge in [-0.3, -0.25) is 4.79 Å². The van der Waals surface area contributed by atoms with Gasteiger partial charge in [-0.15, -0.1) is 0 Å². The summed E-state index contributed by atoms with van der Waals surface area (Å²) in [5.41, 5.74) is -0.410. The molecule has 1 N–H and O–H groups in total. The minimum Gasteiger partial charge on any atom is -0.444 e. The van der Waals surface area contributed by atoms with E-state index >= 15 is 0 Å². The number of halogens is 2. The molecule has 0 aromatic heterocycles. The Kier molecular flexibility index (Phi) is 5.12. The Balaban J connectivity index is 2.63. The van der Waals surface area contributed by atoms with Crippen molar-refractivity contribution in [3.05, 3.63) is 12.2 Å². The van der Waals surface area contributed by atoms with Gasteiger partial charge in [-0.1, -0.05) is 6.58 Å². The summed E-state index contributed by atoms with van der Waals surface area (Å²) in [5, 5.41) is 2.46. The molecule has 0 bridgehead atoms. The second-order valence-electron chi connectivity index (χ2n) is 6.71. The zero-order valence-electron chi connectivity index (χ0n) is 13.0. The van der Waals surface area contributed by atoms with Gasteiger partial charge in [0.1, 0.15) is 5.60 Å². The third-order valence-electron chi connectivity index (χ3n) is 3.17. The Hall–Kier alpha value is -1.46. The fraction of sp³-hybridized carbons (Fsp3) is 0.733. The van der Waals surface area contributed by atoms with Gasteiger partial charge in [-0.05, 0) is 45.6 Å². The van der Waals surface area contributed by atoms with E-state index in [1.54, 1.807) is 20.8 Å². The van der Waals surface area contributed by atoms with Crippen LogP contribution in [0.25, 0.3) is 0 Å². The van der Waals surface area contributed by atoms with E-state index in [1.807, 2.05) is 0 Å². The van der Waals surface area contributed by atoms with Crippen LogP contribution in [0.1, 0.15) is 47.0 Å². The van der Waals surface area contributed by atoms with E-state index in [0.29, 0.717) is 0 Å². The number of nitrogens with one attached hydrogen (secondary N) is 1. The zero-order valence-corrected chi connectivity index (χ0v) is 13.0. The molecule has 0 radical (unpaired) electrons. The number of ether oxygens (including phenoxy) is 1. The summed E-state index contributed by atoms with van der Waals surface area (Å²) in [6.07, 6.45) is -1.04. The van der Waals surface area contributed by atoms with Crippen LogP contribution in [-0.4, -0.2) is 29.4 Å². The molecule has 1 amide bonds. The Morgan fingerprint density at radius 3 is 2.29 bits per heavy atom. The molecule has 6 heteroatoms. The largest absolute Gasteiger partial charge is 0.444 e. The van der Waals surface area contributed by atoms with Crippen molar-refractivity contribution in [3.63, 3.8) is 0 Å². The van der Waals surface area contributed by atoms with E-state index in [1.165, 1.54) is 6.92 Å². The number of amides is 1. The molecular formula is C15H23F2NO3. The molecule has 120 valence electrons. The molecule has 1 saturated carbocycles. The number of Topliss-reactive ketones (excluding diaryl/α,β-unsaturated/α-hetero) is 1. The highest BCUT2D eigenvalue weighted by Gasteiger charge is 2.46. The number of hydrogen-bond donors (Lipinski definition) is 1. The second kappa shape index (κ2) is 6.12. The molecule has 0 spiro atoms. The van der Waals surface area contributed by atoms with Gasteiger partial charge in [0.15, 0.2) is 5.78 Å². The maximum atomic E-state index is 12.9. The highest BCUT2D eigenvalue weighted by molar-refractivity contribution is 5.99. The van der Waals surface area contributed by atoms with Crippen molar-refractivity contribution < 1.29 is 23.1 Å². The summed E-state index contributed by atoms with van der Waals surface area (Å²) in [7, 11) is 0. The molecule has 0 aromatic rings. The third kappa shape index (κ3) is 5.81. The molecule has 0 aromatic carbocycles. The monoisotopic (exact) mass is 303 g/mol. The van der Waals surface area contributed by atoms with Gasteiger partial charge in [0, 0.05) is 12.8 Å². The standard InChI is InChI=1S/C15H23F2NO3/c1-9(2)12(19)11(6-10-7-15(16,17)8-10)18-13(20)21-14(3,4)5/h10-11H,1,6-8H2,2-5H3,(H,18,20). The smallest absolute Gasteiger partial charge is 0.408 e. The summed E-state index contributed by atoms with van der Waals surface area (Å²) in [6.45, 7) is 10.2. The van der Waals surface area contributed by atoms with Gasteiger partial charge in [0.2, 0.25) is 5.92 Å². The highest BCUT2D eigenvalue weighted by Crippen LogP contribution is 2.44. The first-order valence-electron chi connectivity index (χ1n) is 6.97. The zero-order chi connectivity index (χ0) is 16.4. The Morgan fingerprint density at radius 2 is 1.90 bits per heavy atom. The molecule has 4 nitrogen and oxygen atoms in total. The molecule has 1 unspecified atom stereocenters. The van der Waals surface area contributed by atoms with Crippen LogP contribution in [0, 0.1) is 5.92 Å². The molecule has 0 aliphatic heterocycles. The lowest BCUT2D eigenvalue weighted by Crippen LogP contribution is -2.47. The SMILES string of the molecule is C=C(C)C(=O)C(CC1CC(F)(F)C1)NC(=O)OC(C)(C)C. The normalized spacial score (nSPS) is 19.3. The third-order valence-corrected chi connectivity index (χ3v) is 3.17. The molecule has 1 atom stereocenters. The van der Waals surface area contributed by atoms with Crippen molar-refractivity contribution in [2.45, 2.75) is 64.5 Å². The van der Waals surface area contributed by atoms with Crippen molar-refractivity contribution in [1.82, 2.24) is 5.32 Å². The van der Waals surface area contributed by atoms with Gasteiger partial charge in [0.25, 0.3) is 0 Å². The number of ketones is 1.